The summed E-state index contributed by atoms with van der Waals surface area (Å²) in [5.74, 6) is 0. The first kappa shape index (κ1) is 35.8. The smallest absolute Gasteiger partial charge is 0.0125 e. The molecule has 0 amide bonds. The van der Waals surface area contributed by atoms with E-state index in [-0.39, 0.29) is 70.2 Å². The summed E-state index contributed by atoms with van der Waals surface area (Å²) in [4.78, 5) is 0. The van der Waals surface area contributed by atoms with Gasteiger partial charge in [-0.2, -0.15) is 0 Å². The molecule has 0 N–H and O–H groups in total. The molecule has 31 valence electrons. The van der Waals surface area contributed by atoms with Crippen LogP contribution >= 0.6 is 0 Å². The minimum absolute atomic E-state index is 0. The van der Waals surface area contributed by atoms with Gasteiger partial charge in [0.15, 0.2) is 0 Å². The zero-order chi connectivity index (χ0) is 0. The van der Waals surface area contributed by atoms with Gasteiger partial charge in [0.25, 0.3) is 0 Å². The standard InChI is InChI=1S/Ag.Ga.HSe.H3Si.3H/h;;1H;1H3;;;. The Morgan fingerprint density at radius 3 is 1.00 bits per heavy atom. The van der Waals surface area contributed by atoms with E-state index < -0.39 is 0 Å². The van der Waals surface area contributed by atoms with Crippen LogP contribution in [0.1, 0.15) is 0 Å². The molecular formula is H7AgGaSeSi. The zero-order valence-corrected chi connectivity index (χ0v) is 7.11. The zero-order valence-electron chi connectivity index (χ0n) is 1.75. The Morgan fingerprint density at radius 1 is 1.00 bits per heavy atom. The molecule has 0 saturated heterocycles. The normalized spacial score (nSPS) is 0. The summed E-state index contributed by atoms with van der Waals surface area (Å²) in [6.45, 7) is 0. The van der Waals surface area contributed by atoms with Gasteiger partial charge in [-0.15, -0.1) is 0 Å². The van der Waals surface area contributed by atoms with Crippen molar-refractivity contribution in [1.82, 2.24) is 0 Å². The Kier molecular flexibility index (Phi) is 173. The second-order valence-corrected chi connectivity index (χ2v) is 0. The van der Waals surface area contributed by atoms with Crippen LogP contribution in [0, 0.1) is 0 Å². The van der Waals surface area contributed by atoms with Crippen LogP contribution in [0.3, 0.4) is 0 Å². The van der Waals surface area contributed by atoms with Crippen molar-refractivity contribution in [2.24, 2.45) is 0 Å². The Balaban J connectivity index is 0. The van der Waals surface area contributed by atoms with E-state index in [0.29, 0.717) is 0 Å². The van der Waals surface area contributed by atoms with Crippen molar-refractivity contribution in [3.63, 3.8) is 0 Å². The molecule has 0 atom stereocenters. The molecule has 0 saturated carbocycles. The first-order valence-electron chi connectivity index (χ1n) is 0. The van der Waals surface area contributed by atoms with Gasteiger partial charge in [0, 0.05) is 22.4 Å². The number of rotatable bonds is 0. The van der Waals surface area contributed by atoms with Gasteiger partial charge in [0.1, 0.15) is 0 Å². The number of hydrogen-bond acceptors (Lipinski definition) is 0. The molecule has 0 rings (SSSR count). The quantitative estimate of drug-likeness (QED) is 0.417. The van der Waals surface area contributed by atoms with Gasteiger partial charge in [-0.1, -0.05) is 0 Å². The van der Waals surface area contributed by atoms with Crippen LogP contribution in [0.5, 0.6) is 0 Å². The Labute approximate surface area is 69.6 Å². The molecule has 0 nitrogen and oxygen atoms in total. The van der Waals surface area contributed by atoms with Gasteiger partial charge in [0.05, 0.1) is 0 Å². The van der Waals surface area contributed by atoms with Crippen LogP contribution in [-0.2, 0) is 22.4 Å². The summed E-state index contributed by atoms with van der Waals surface area (Å²) >= 11 is 0. The summed E-state index contributed by atoms with van der Waals surface area (Å²) in [5.41, 5.74) is 0. The molecule has 0 spiro atoms. The Hall–Kier alpha value is 2.11. The van der Waals surface area contributed by atoms with E-state index in [0.717, 1.165) is 0 Å². The molecule has 0 fully saturated rings. The maximum absolute atomic E-state index is 0. The van der Waals surface area contributed by atoms with E-state index in [1.807, 2.05) is 0 Å². The predicted octanol–water partition coefficient (Wildman–Crippen LogP) is -3.02. The molecule has 0 aliphatic rings. The van der Waals surface area contributed by atoms with Gasteiger partial charge in [-0.25, -0.2) is 0 Å². The largest absolute Gasteiger partial charge is 0.0125 e. The monoisotopic (exact) mass is 291 g/mol. The van der Waals surface area contributed by atoms with Crippen LogP contribution in [0.15, 0.2) is 0 Å². The molecule has 3 radical (unpaired) electrons. The summed E-state index contributed by atoms with van der Waals surface area (Å²) < 4.78 is 0. The molecule has 0 aromatic carbocycles. The minimum atomic E-state index is 0. The molecule has 0 aromatic rings. The van der Waals surface area contributed by atoms with Crippen LogP contribution < -0.4 is 0 Å². The summed E-state index contributed by atoms with van der Waals surface area (Å²) in [5, 5.41) is 0. The van der Waals surface area contributed by atoms with Gasteiger partial charge >= 0.3 is 36.9 Å². The van der Waals surface area contributed by atoms with E-state index in [1.165, 1.54) is 0 Å². The van der Waals surface area contributed by atoms with E-state index in [2.05, 4.69) is 0 Å². The molecule has 0 unspecified atom stereocenters. The van der Waals surface area contributed by atoms with Crippen LogP contribution in [0.2, 0.25) is 0 Å². The van der Waals surface area contributed by atoms with Crippen molar-refractivity contribution in [2.75, 3.05) is 0 Å². The van der Waals surface area contributed by atoms with Crippen LogP contribution in [0.4, 0.5) is 0 Å². The van der Waals surface area contributed by atoms with Crippen molar-refractivity contribution in [2.45, 2.75) is 0 Å². The van der Waals surface area contributed by atoms with Crippen molar-refractivity contribution < 1.29 is 22.4 Å². The first-order valence-corrected chi connectivity index (χ1v) is 0. The van der Waals surface area contributed by atoms with E-state index >= 15 is 0 Å². The minimum Gasteiger partial charge on any atom is -0.0125 e. The van der Waals surface area contributed by atoms with E-state index in [4.69, 9.17) is 0 Å². The van der Waals surface area contributed by atoms with Gasteiger partial charge in [-0.3, -0.25) is 0 Å². The third kappa shape index (κ3) is 8.93. The maximum Gasteiger partial charge on any atom is -0.0125 e. The molecule has 0 aromatic heterocycles. The molecule has 0 aliphatic heterocycles. The Bertz CT molecular complexity index is 8.00. The third-order valence-electron chi connectivity index (χ3n) is 0. The van der Waals surface area contributed by atoms with Crippen molar-refractivity contribution in [3.05, 3.63) is 0 Å². The average Bonchev–Trinajstić information content (AvgIpc) is 0. The third-order valence-corrected chi connectivity index (χ3v) is 0. The SMILES string of the molecule is [Ag].[GaH3].[SeH].[SiH3]. The predicted molar refractivity (Wildman–Crippen MR) is 27.0 cm³/mol. The summed E-state index contributed by atoms with van der Waals surface area (Å²) in [7, 11) is 0. The molecule has 0 bridgehead atoms. The molecule has 0 heterocycles. The topological polar surface area (TPSA) is 0 Å². The second-order valence-electron chi connectivity index (χ2n) is 0. The van der Waals surface area contributed by atoms with Crippen LogP contribution in [0.25, 0.3) is 0 Å². The first-order chi connectivity index (χ1) is 0. The second kappa shape index (κ2) is 19.4. The van der Waals surface area contributed by atoms with Crippen molar-refractivity contribution in [3.8, 4) is 0 Å². The fourth-order valence-corrected chi connectivity index (χ4v) is 0. The molecule has 0 aliphatic carbocycles. The van der Waals surface area contributed by atoms with Gasteiger partial charge < -0.3 is 0 Å². The van der Waals surface area contributed by atoms with Gasteiger partial charge in [0.2, 0.25) is 0 Å². The van der Waals surface area contributed by atoms with E-state index in [1.54, 1.807) is 0 Å². The maximum atomic E-state index is 0. The Morgan fingerprint density at radius 2 is 1.00 bits per heavy atom. The van der Waals surface area contributed by atoms with Crippen LogP contribution in [-0.4, -0.2) is 47.8 Å². The summed E-state index contributed by atoms with van der Waals surface area (Å²) in [6.07, 6.45) is 0. The number of hydrogen-bond donors (Lipinski definition) is 0. The average molecular weight is 292 g/mol. The molecule has 4 heavy (non-hydrogen) atoms. The van der Waals surface area contributed by atoms with Crippen molar-refractivity contribution >= 4 is 47.8 Å². The summed E-state index contributed by atoms with van der Waals surface area (Å²) in [6, 6.07) is 0. The van der Waals surface area contributed by atoms with Gasteiger partial charge in [-0.05, 0) is 11.0 Å². The fourth-order valence-electron chi connectivity index (χ4n) is 0. The van der Waals surface area contributed by atoms with E-state index in [9.17, 15) is 0 Å². The molecular weight excluding hydrogens is 285 g/mol. The fraction of sp³-hybridized carbons (Fsp3) is 0. The molecule has 4 heteroatoms. The van der Waals surface area contributed by atoms with Crippen molar-refractivity contribution in [1.29, 1.82) is 0 Å².